The fourth-order valence-corrected chi connectivity index (χ4v) is 6.99. The van der Waals surface area contributed by atoms with Gasteiger partial charge in [-0.05, 0) is 37.1 Å². The minimum atomic E-state index is -3.60. The van der Waals surface area contributed by atoms with Crippen molar-refractivity contribution in [3.8, 4) is 5.75 Å². The second-order valence-electron chi connectivity index (χ2n) is 9.09. The normalized spacial score (nSPS) is 17.5. The van der Waals surface area contributed by atoms with Gasteiger partial charge < -0.3 is 19.1 Å². The average molecular weight is 580 g/mol. The van der Waals surface area contributed by atoms with Crippen molar-refractivity contribution in [1.29, 1.82) is 0 Å². The number of amides is 1. The number of anilines is 2. The molecule has 1 unspecified atom stereocenters. The highest BCUT2D eigenvalue weighted by molar-refractivity contribution is 7.92. The Kier molecular flexibility index (Phi) is 8.40. The van der Waals surface area contributed by atoms with Crippen LogP contribution in [-0.4, -0.2) is 64.1 Å². The van der Waals surface area contributed by atoms with Gasteiger partial charge in [-0.3, -0.25) is 10.1 Å². The van der Waals surface area contributed by atoms with Crippen LogP contribution in [0.5, 0.6) is 5.75 Å². The van der Waals surface area contributed by atoms with Crippen LogP contribution >= 0.6 is 11.3 Å². The monoisotopic (exact) mass is 579 g/mol. The molecular weight excluding hydrogens is 552 g/mol. The van der Waals surface area contributed by atoms with Gasteiger partial charge in [0.2, 0.25) is 6.10 Å². The number of hydrogen-bond donors (Lipinski definition) is 1. The lowest BCUT2D eigenvalue weighted by molar-refractivity contribution is -0.123. The molecule has 0 bridgehead atoms. The highest BCUT2D eigenvalue weighted by Crippen LogP contribution is 2.32. The summed E-state index contributed by atoms with van der Waals surface area (Å²) in [4.78, 5) is 19.9. The lowest BCUT2D eigenvalue weighted by Crippen LogP contribution is -2.35. The molecule has 2 fully saturated rings. The number of morpholine rings is 1. The summed E-state index contributed by atoms with van der Waals surface area (Å²) in [5, 5.41) is 3.33. The molecule has 2 saturated heterocycles. The highest BCUT2D eigenvalue weighted by atomic mass is 32.2. The number of halogens is 2. The second-order valence-corrected chi connectivity index (χ2v) is 12.3. The van der Waals surface area contributed by atoms with Crippen molar-refractivity contribution in [3.05, 3.63) is 65.9 Å². The molecule has 3 heterocycles. The molecule has 1 aromatic heterocycles. The van der Waals surface area contributed by atoms with Crippen LogP contribution in [0.3, 0.4) is 0 Å². The largest absolute Gasteiger partial charge is 0.473 e. The fraction of sp³-hybridized carbons (Fsp3) is 0.385. The Labute approximate surface area is 228 Å². The van der Waals surface area contributed by atoms with E-state index in [4.69, 9.17) is 14.2 Å². The minimum absolute atomic E-state index is 0.111. The molecule has 5 rings (SSSR count). The van der Waals surface area contributed by atoms with E-state index in [0.29, 0.717) is 63.6 Å². The minimum Gasteiger partial charge on any atom is -0.473 e. The van der Waals surface area contributed by atoms with Gasteiger partial charge in [0.05, 0.1) is 29.6 Å². The van der Waals surface area contributed by atoms with Gasteiger partial charge in [-0.15, -0.1) is 0 Å². The molecule has 1 atom stereocenters. The van der Waals surface area contributed by atoms with Crippen LogP contribution in [0, 0.1) is 11.6 Å². The van der Waals surface area contributed by atoms with E-state index in [0.717, 1.165) is 17.1 Å². The van der Waals surface area contributed by atoms with Crippen LogP contribution < -0.4 is 15.0 Å². The Balaban J connectivity index is 1.39. The summed E-state index contributed by atoms with van der Waals surface area (Å²) < 4.78 is 70.4. The molecule has 9 nitrogen and oxygen atoms in total. The number of ether oxygens (including phenoxy) is 3. The predicted octanol–water partition coefficient (Wildman–Crippen LogP) is 3.97. The molecule has 2 aromatic carbocycles. The maximum absolute atomic E-state index is 14.4. The summed E-state index contributed by atoms with van der Waals surface area (Å²) >= 11 is 1.27. The van der Waals surface area contributed by atoms with Crippen LogP contribution in [0.1, 0.15) is 24.5 Å². The van der Waals surface area contributed by atoms with Crippen molar-refractivity contribution in [3.63, 3.8) is 0 Å². The van der Waals surface area contributed by atoms with E-state index in [1.807, 2.05) is 0 Å². The van der Waals surface area contributed by atoms with E-state index in [2.05, 4.69) is 15.2 Å². The maximum Gasteiger partial charge on any atom is 0.271 e. The van der Waals surface area contributed by atoms with Crippen LogP contribution in [-0.2, 0) is 24.1 Å². The zero-order chi connectivity index (χ0) is 27.4. The lowest BCUT2D eigenvalue weighted by Gasteiger charge is -2.26. The predicted molar refractivity (Wildman–Crippen MR) is 141 cm³/mol. The Morgan fingerprint density at radius 3 is 2.44 bits per heavy atom. The van der Waals surface area contributed by atoms with Gasteiger partial charge in [-0.2, -0.15) is 0 Å². The van der Waals surface area contributed by atoms with Gasteiger partial charge in [0.1, 0.15) is 10.8 Å². The average Bonchev–Trinajstić information content (AvgIpc) is 3.42. The number of sulfone groups is 1. The lowest BCUT2D eigenvalue weighted by atomic mass is 10.1. The number of carbonyl (C=O) groups is 1. The zero-order valence-corrected chi connectivity index (χ0v) is 22.5. The number of rotatable bonds is 8. The number of carbonyl (C=O) groups excluding carboxylic acids is 1. The molecule has 2 aliphatic heterocycles. The SMILES string of the molecule is O=C(Nc1ncc(N2CCOCC2)s1)C(Oc1ccc(F)cc1F)c1ccc(S(=O)(=O)C2CCOCC2)cc1. The van der Waals surface area contributed by atoms with Gasteiger partial charge in [0.15, 0.2) is 26.5 Å². The van der Waals surface area contributed by atoms with Gasteiger partial charge in [-0.1, -0.05) is 23.5 Å². The Morgan fingerprint density at radius 2 is 1.74 bits per heavy atom. The summed E-state index contributed by atoms with van der Waals surface area (Å²) in [6, 6.07) is 8.50. The summed E-state index contributed by atoms with van der Waals surface area (Å²) in [5.74, 6) is -2.75. The molecule has 208 valence electrons. The van der Waals surface area contributed by atoms with E-state index in [1.54, 1.807) is 6.20 Å². The molecule has 39 heavy (non-hydrogen) atoms. The first-order valence-electron chi connectivity index (χ1n) is 12.4. The van der Waals surface area contributed by atoms with Crippen molar-refractivity contribution >= 4 is 37.2 Å². The Hall–Kier alpha value is -3.13. The Bertz CT molecular complexity index is 1410. The quantitative estimate of drug-likeness (QED) is 0.427. The highest BCUT2D eigenvalue weighted by Gasteiger charge is 2.31. The van der Waals surface area contributed by atoms with Crippen molar-refractivity contribution in [2.24, 2.45) is 0 Å². The third kappa shape index (κ3) is 6.38. The van der Waals surface area contributed by atoms with E-state index < -0.39 is 38.7 Å². The molecule has 1 amide bonds. The van der Waals surface area contributed by atoms with Gasteiger partial charge in [0, 0.05) is 37.9 Å². The fourth-order valence-electron chi connectivity index (χ4n) is 4.41. The number of nitrogens with one attached hydrogen (secondary N) is 1. The number of thiazole rings is 1. The first-order valence-corrected chi connectivity index (χ1v) is 14.8. The molecule has 13 heteroatoms. The summed E-state index contributed by atoms with van der Waals surface area (Å²) in [5.41, 5.74) is 0.284. The first kappa shape index (κ1) is 27.4. The molecule has 3 aromatic rings. The third-order valence-corrected chi connectivity index (χ3v) is 9.79. The van der Waals surface area contributed by atoms with Crippen molar-refractivity contribution in [2.45, 2.75) is 29.1 Å². The Morgan fingerprint density at radius 1 is 1.05 bits per heavy atom. The molecule has 0 spiro atoms. The molecular formula is C26H27F2N3O6S2. The van der Waals surface area contributed by atoms with Gasteiger partial charge in [0.25, 0.3) is 5.91 Å². The van der Waals surface area contributed by atoms with E-state index in [9.17, 15) is 22.0 Å². The summed E-state index contributed by atoms with van der Waals surface area (Å²) in [6.07, 6.45) is 1.09. The van der Waals surface area contributed by atoms with Crippen LogP contribution in [0.25, 0.3) is 0 Å². The van der Waals surface area contributed by atoms with E-state index >= 15 is 0 Å². The maximum atomic E-state index is 14.4. The van der Waals surface area contributed by atoms with Crippen LogP contribution in [0.15, 0.2) is 53.6 Å². The molecule has 0 saturated carbocycles. The molecule has 0 aliphatic carbocycles. The summed E-state index contributed by atoms with van der Waals surface area (Å²) in [7, 11) is -3.60. The molecule has 1 N–H and O–H groups in total. The number of hydrogen-bond acceptors (Lipinski definition) is 9. The van der Waals surface area contributed by atoms with Gasteiger partial charge in [-0.25, -0.2) is 22.2 Å². The summed E-state index contributed by atoms with van der Waals surface area (Å²) in [6.45, 7) is 3.36. The van der Waals surface area contributed by atoms with Gasteiger partial charge >= 0.3 is 0 Å². The number of benzene rings is 2. The first-order chi connectivity index (χ1) is 18.8. The topological polar surface area (TPSA) is 107 Å². The second kappa shape index (κ2) is 11.9. The van der Waals surface area contributed by atoms with E-state index in [-0.39, 0.29) is 16.2 Å². The van der Waals surface area contributed by atoms with Crippen molar-refractivity contribution < 1.29 is 36.2 Å². The standard InChI is InChI=1S/C26H27F2N3O6S2/c27-18-3-6-22(21(28)15-18)37-24(25(32)30-26-29-16-23(38-26)31-9-13-36-14-10-31)17-1-4-19(5-2-17)39(33,34)20-7-11-35-12-8-20/h1-6,15-16,20,24H,7-14H2,(H,29,30,32). The van der Waals surface area contributed by atoms with Crippen molar-refractivity contribution in [2.75, 3.05) is 49.7 Å². The zero-order valence-electron chi connectivity index (χ0n) is 20.8. The molecule has 0 radical (unpaired) electrons. The number of nitrogens with zero attached hydrogens (tertiary/aromatic N) is 2. The van der Waals surface area contributed by atoms with Crippen LogP contribution in [0.2, 0.25) is 0 Å². The number of aromatic nitrogens is 1. The molecule has 2 aliphatic rings. The smallest absolute Gasteiger partial charge is 0.271 e. The van der Waals surface area contributed by atoms with E-state index in [1.165, 1.54) is 35.6 Å². The van der Waals surface area contributed by atoms with Crippen molar-refractivity contribution in [1.82, 2.24) is 4.98 Å². The van der Waals surface area contributed by atoms with Crippen LogP contribution in [0.4, 0.5) is 18.9 Å². The third-order valence-electron chi connectivity index (χ3n) is 6.54.